The first-order valence-electron chi connectivity index (χ1n) is 8.06. The van der Waals surface area contributed by atoms with Gasteiger partial charge in [-0.05, 0) is 47.5 Å². The van der Waals surface area contributed by atoms with Crippen LogP contribution in [0, 0.1) is 0 Å². The van der Waals surface area contributed by atoms with E-state index in [0.717, 1.165) is 11.1 Å². The Hall–Kier alpha value is -2.22. The van der Waals surface area contributed by atoms with Gasteiger partial charge in [0.15, 0.2) is 11.5 Å². The Balaban J connectivity index is 1.75. The third kappa shape index (κ3) is 5.15. The van der Waals surface area contributed by atoms with Gasteiger partial charge < -0.3 is 14.8 Å². The molecule has 1 heterocycles. The minimum atomic E-state index is 0.275. The Morgan fingerprint density at radius 2 is 1.81 bits per heavy atom. The van der Waals surface area contributed by atoms with Crippen molar-refractivity contribution in [3.05, 3.63) is 56.5 Å². The lowest BCUT2D eigenvalue weighted by Crippen LogP contribution is -2.04. The molecule has 0 aliphatic carbocycles. The molecule has 2 aromatic carbocycles. The zero-order valence-corrected chi connectivity index (χ0v) is 16.6. The van der Waals surface area contributed by atoms with Crippen molar-refractivity contribution in [3.63, 3.8) is 0 Å². The number of hydrogen-bond acceptors (Lipinski definition) is 6. The van der Waals surface area contributed by atoms with Gasteiger partial charge in [0.1, 0.15) is 6.61 Å². The molecule has 3 aromatic rings. The van der Waals surface area contributed by atoms with Gasteiger partial charge in [-0.2, -0.15) is 5.21 Å². The summed E-state index contributed by atoms with van der Waals surface area (Å²) in [4.78, 5) is 0. The van der Waals surface area contributed by atoms with Crippen LogP contribution in [0.15, 0.2) is 30.3 Å². The zero-order valence-electron chi connectivity index (χ0n) is 14.3. The van der Waals surface area contributed by atoms with Crippen LogP contribution in [-0.2, 0) is 13.2 Å². The molecule has 0 bridgehead atoms. The van der Waals surface area contributed by atoms with E-state index in [-0.39, 0.29) is 6.61 Å². The summed E-state index contributed by atoms with van der Waals surface area (Å²) in [6.07, 6.45) is 0. The number of benzene rings is 2. The molecule has 0 atom stereocenters. The first-order valence-corrected chi connectivity index (χ1v) is 9.19. The summed E-state index contributed by atoms with van der Waals surface area (Å²) in [5.41, 5.74) is 1.75. The van der Waals surface area contributed by atoms with Gasteiger partial charge >= 0.3 is 0 Å². The predicted molar refractivity (Wildman–Crippen MR) is 105 cm³/mol. The molecule has 27 heavy (non-hydrogen) atoms. The van der Waals surface area contributed by atoms with Gasteiger partial charge in [0, 0.05) is 6.54 Å². The average molecular weight is 429 g/mol. The number of H-pyrrole nitrogens is 1. The summed E-state index contributed by atoms with van der Waals surface area (Å²) in [5.74, 6) is 1.41. The van der Waals surface area contributed by atoms with Gasteiger partial charge in [0.25, 0.3) is 5.95 Å². The van der Waals surface area contributed by atoms with Crippen molar-refractivity contribution in [1.29, 1.82) is 0 Å². The fourth-order valence-electron chi connectivity index (χ4n) is 2.33. The lowest BCUT2D eigenvalue weighted by atomic mass is 10.2. The topological polar surface area (TPSA) is 85.0 Å². The normalized spacial score (nSPS) is 10.7. The minimum Gasteiger partial charge on any atom is -0.490 e. The number of aromatic nitrogens is 4. The second kappa shape index (κ2) is 9.12. The summed E-state index contributed by atoms with van der Waals surface area (Å²) >= 11 is 18.4. The number of nitrogens with one attached hydrogen (secondary N) is 2. The molecule has 0 aliphatic heterocycles. The number of nitrogens with zero attached hydrogens (tertiary/aromatic N) is 3. The van der Waals surface area contributed by atoms with Crippen molar-refractivity contribution in [2.24, 2.45) is 0 Å². The van der Waals surface area contributed by atoms with Crippen molar-refractivity contribution >= 4 is 40.8 Å². The quantitative estimate of drug-likeness (QED) is 0.538. The molecular weight excluding hydrogens is 413 g/mol. The zero-order chi connectivity index (χ0) is 19.2. The first-order chi connectivity index (χ1) is 13.1. The second-order valence-corrected chi connectivity index (χ2v) is 6.69. The highest BCUT2D eigenvalue weighted by molar-refractivity contribution is 6.42. The summed E-state index contributed by atoms with van der Waals surface area (Å²) in [7, 11) is 0. The molecule has 0 fully saturated rings. The van der Waals surface area contributed by atoms with Crippen LogP contribution in [0.2, 0.25) is 15.1 Å². The molecule has 142 valence electrons. The van der Waals surface area contributed by atoms with E-state index >= 15 is 0 Å². The van der Waals surface area contributed by atoms with Crippen LogP contribution >= 0.6 is 34.8 Å². The lowest BCUT2D eigenvalue weighted by Gasteiger charge is -2.15. The maximum Gasteiger partial charge on any atom is 0.263 e. The molecule has 0 amide bonds. The van der Waals surface area contributed by atoms with Gasteiger partial charge in [-0.3, -0.25) is 0 Å². The fraction of sp³-hybridized carbons (Fsp3) is 0.235. The summed E-state index contributed by atoms with van der Waals surface area (Å²) in [6, 6.07) is 8.96. The molecular formula is C17H16Cl3N5O2. The van der Waals surface area contributed by atoms with E-state index < -0.39 is 0 Å². The number of anilines is 1. The second-order valence-electron chi connectivity index (χ2n) is 5.46. The highest BCUT2D eigenvalue weighted by Gasteiger charge is 2.14. The van der Waals surface area contributed by atoms with Crippen LogP contribution in [0.5, 0.6) is 11.5 Å². The average Bonchev–Trinajstić information content (AvgIpc) is 3.16. The molecule has 0 unspecified atom stereocenters. The molecule has 2 N–H and O–H groups in total. The number of hydrogen-bond donors (Lipinski definition) is 2. The largest absolute Gasteiger partial charge is 0.490 e. The van der Waals surface area contributed by atoms with Crippen LogP contribution < -0.4 is 14.8 Å². The maximum absolute atomic E-state index is 6.42. The lowest BCUT2D eigenvalue weighted by molar-refractivity contribution is 0.269. The van der Waals surface area contributed by atoms with Crippen molar-refractivity contribution in [1.82, 2.24) is 20.6 Å². The number of halogens is 3. The van der Waals surface area contributed by atoms with E-state index in [1.165, 1.54) is 0 Å². The standard InChI is InChI=1S/C17H16Cl3N5O2/c1-2-26-15-7-11(8-21-17-22-24-25-23-17)6-14(20)16(15)27-9-10-3-4-12(18)13(19)5-10/h3-7H,2,8-9H2,1H3,(H2,21,22,23,24,25). The van der Waals surface area contributed by atoms with E-state index in [0.29, 0.717) is 45.7 Å². The van der Waals surface area contributed by atoms with E-state index in [1.807, 2.05) is 19.1 Å². The van der Waals surface area contributed by atoms with Crippen LogP contribution in [0.1, 0.15) is 18.1 Å². The smallest absolute Gasteiger partial charge is 0.263 e. The van der Waals surface area contributed by atoms with Crippen LogP contribution in [0.4, 0.5) is 5.95 Å². The Kier molecular flexibility index (Phi) is 6.60. The molecule has 0 aliphatic rings. The van der Waals surface area contributed by atoms with Gasteiger partial charge in [-0.15, -0.1) is 5.10 Å². The predicted octanol–water partition coefficient (Wildman–Crippen LogP) is 4.75. The number of aromatic amines is 1. The molecule has 0 spiro atoms. The minimum absolute atomic E-state index is 0.275. The van der Waals surface area contributed by atoms with Gasteiger partial charge in [0.05, 0.1) is 21.7 Å². The van der Waals surface area contributed by atoms with Crippen molar-refractivity contribution in [2.75, 3.05) is 11.9 Å². The molecule has 0 saturated heterocycles. The van der Waals surface area contributed by atoms with Gasteiger partial charge in [-0.1, -0.05) is 46.0 Å². The summed E-state index contributed by atoms with van der Waals surface area (Å²) < 4.78 is 11.6. The van der Waals surface area contributed by atoms with Crippen LogP contribution in [0.3, 0.4) is 0 Å². The van der Waals surface area contributed by atoms with Crippen molar-refractivity contribution in [3.8, 4) is 11.5 Å². The summed E-state index contributed by atoms with van der Waals surface area (Å²) in [5, 5.41) is 18.0. The van der Waals surface area contributed by atoms with Crippen molar-refractivity contribution < 1.29 is 9.47 Å². The highest BCUT2D eigenvalue weighted by Crippen LogP contribution is 2.37. The Bertz CT molecular complexity index is 906. The SMILES string of the molecule is CCOc1cc(CNc2nn[nH]n2)cc(Cl)c1OCc1ccc(Cl)c(Cl)c1. The molecule has 10 heteroatoms. The fourth-order valence-corrected chi connectivity index (χ4v) is 2.94. The van der Waals surface area contributed by atoms with Gasteiger partial charge in [0.2, 0.25) is 0 Å². The molecule has 0 saturated carbocycles. The third-order valence-electron chi connectivity index (χ3n) is 3.53. The Morgan fingerprint density at radius 1 is 1.00 bits per heavy atom. The number of rotatable bonds is 8. The number of ether oxygens (including phenoxy) is 2. The van der Waals surface area contributed by atoms with Crippen LogP contribution in [0.25, 0.3) is 0 Å². The van der Waals surface area contributed by atoms with Gasteiger partial charge in [-0.25, -0.2) is 0 Å². The van der Waals surface area contributed by atoms with Crippen molar-refractivity contribution in [2.45, 2.75) is 20.1 Å². The number of tetrazole rings is 1. The molecule has 1 aromatic heterocycles. The summed E-state index contributed by atoms with van der Waals surface area (Å²) in [6.45, 7) is 3.09. The van der Waals surface area contributed by atoms with E-state index in [2.05, 4.69) is 25.9 Å². The monoisotopic (exact) mass is 427 g/mol. The molecule has 0 radical (unpaired) electrons. The highest BCUT2D eigenvalue weighted by atomic mass is 35.5. The maximum atomic E-state index is 6.42. The molecule has 7 nitrogen and oxygen atoms in total. The van der Waals surface area contributed by atoms with E-state index in [1.54, 1.807) is 18.2 Å². The first kappa shape index (κ1) is 19.5. The third-order valence-corrected chi connectivity index (χ3v) is 4.55. The molecule has 3 rings (SSSR count). The van der Waals surface area contributed by atoms with E-state index in [4.69, 9.17) is 44.3 Å². The Labute approximate surface area is 170 Å². The van der Waals surface area contributed by atoms with E-state index in [9.17, 15) is 0 Å². The van der Waals surface area contributed by atoms with Crippen LogP contribution in [-0.4, -0.2) is 27.2 Å². The Morgan fingerprint density at radius 3 is 2.52 bits per heavy atom.